The van der Waals surface area contributed by atoms with Crippen molar-refractivity contribution in [1.29, 1.82) is 0 Å². The van der Waals surface area contributed by atoms with E-state index in [1.54, 1.807) is 4.90 Å². The molecule has 114 valence electrons. The second-order valence-corrected chi connectivity index (χ2v) is 6.04. The first-order valence-electron chi connectivity index (χ1n) is 7.72. The van der Waals surface area contributed by atoms with Crippen molar-refractivity contribution in [2.75, 3.05) is 26.2 Å². The number of hydrogen-bond donors (Lipinski definition) is 1. The lowest BCUT2D eigenvalue weighted by atomic mass is 10.2. The predicted octanol–water partition coefficient (Wildman–Crippen LogP) is 2.07. The Balaban J connectivity index is 1.51. The monoisotopic (exact) mass is 314 g/mol. The minimum atomic E-state index is 0.750. The smallest absolute Gasteiger partial charge is 0.103 e. The second-order valence-electron chi connectivity index (χ2n) is 5.63. The molecule has 0 atom stereocenters. The summed E-state index contributed by atoms with van der Waals surface area (Å²) in [5.41, 5.74) is 2.38. The summed E-state index contributed by atoms with van der Waals surface area (Å²) < 4.78 is 0. The average molecular weight is 315 g/mol. The molecule has 0 aliphatic carbocycles. The maximum atomic E-state index is 6.14. The Bertz CT molecular complexity index is 619. The number of hydrogen-bond acceptors (Lipinski definition) is 2. The van der Waals surface area contributed by atoms with Crippen LogP contribution in [0.4, 0.5) is 0 Å². The van der Waals surface area contributed by atoms with Crippen LogP contribution in [0.15, 0.2) is 59.7 Å². The van der Waals surface area contributed by atoms with Crippen LogP contribution in [-0.4, -0.2) is 37.4 Å². The van der Waals surface area contributed by atoms with Crippen molar-refractivity contribution in [1.82, 2.24) is 5.01 Å². The van der Waals surface area contributed by atoms with E-state index in [0.717, 1.165) is 43.3 Å². The van der Waals surface area contributed by atoms with E-state index in [2.05, 4.69) is 40.4 Å². The van der Waals surface area contributed by atoms with Gasteiger partial charge in [0.25, 0.3) is 0 Å². The van der Waals surface area contributed by atoms with Crippen molar-refractivity contribution in [2.24, 2.45) is 5.10 Å². The molecule has 0 saturated carbocycles. The van der Waals surface area contributed by atoms with Gasteiger partial charge in [0, 0.05) is 16.1 Å². The zero-order valence-corrected chi connectivity index (χ0v) is 13.3. The number of hydrazone groups is 1. The molecule has 0 unspecified atom stereocenters. The average Bonchev–Trinajstić information content (AvgIpc) is 2.56. The van der Waals surface area contributed by atoms with Crippen LogP contribution in [0.5, 0.6) is 0 Å². The van der Waals surface area contributed by atoms with E-state index in [4.69, 9.17) is 11.6 Å². The lowest BCUT2D eigenvalue weighted by Crippen LogP contribution is -3.13. The van der Waals surface area contributed by atoms with Gasteiger partial charge in [0.1, 0.15) is 6.54 Å². The number of benzene rings is 2. The van der Waals surface area contributed by atoms with E-state index in [1.807, 2.05) is 30.5 Å². The molecule has 1 N–H and O–H groups in total. The summed E-state index contributed by atoms with van der Waals surface area (Å²) in [6.45, 7) is 5.32. The number of halogens is 1. The third-order valence-corrected chi connectivity index (χ3v) is 4.35. The van der Waals surface area contributed by atoms with Gasteiger partial charge in [0.15, 0.2) is 0 Å². The van der Waals surface area contributed by atoms with Gasteiger partial charge in [-0.05, 0) is 6.07 Å². The van der Waals surface area contributed by atoms with Crippen LogP contribution >= 0.6 is 11.6 Å². The van der Waals surface area contributed by atoms with Gasteiger partial charge in [-0.25, -0.2) is 0 Å². The molecule has 0 amide bonds. The van der Waals surface area contributed by atoms with E-state index >= 15 is 0 Å². The fourth-order valence-electron chi connectivity index (χ4n) is 2.71. The van der Waals surface area contributed by atoms with Crippen LogP contribution in [0.3, 0.4) is 0 Å². The molecule has 4 heteroatoms. The van der Waals surface area contributed by atoms with Crippen molar-refractivity contribution in [3.05, 3.63) is 70.7 Å². The summed E-state index contributed by atoms with van der Waals surface area (Å²) in [5, 5.41) is 7.45. The summed E-state index contributed by atoms with van der Waals surface area (Å²) in [5.74, 6) is 0. The molecule has 3 rings (SSSR count). The fraction of sp³-hybridized carbons (Fsp3) is 0.278. The Labute approximate surface area is 136 Å². The Morgan fingerprint density at radius 3 is 2.41 bits per heavy atom. The molecule has 0 aromatic heterocycles. The number of nitrogens with zero attached hydrogens (tertiary/aromatic N) is 2. The van der Waals surface area contributed by atoms with Gasteiger partial charge in [-0.3, -0.25) is 5.01 Å². The quantitative estimate of drug-likeness (QED) is 0.857. The number of nitrogens with one attached hydrogen (secondary N) is 1. The molecular formula is C18H21ClN3+. The highest BCUT2D eigenvalue weighted by atomic mass is 35.5. The van der Waals surface area contributed by atoms with Crippen molar-refractivity contribution in [3.63, 3.8) is 0 Å². The molecule has 1 fully saturated rings. The number of rotatable bonds is 4. The highest BCUT2D eigenvalue weighted by Gasteiger charge is 2.18. The van der Waals surface area contributed by atoms with Crippen molar-refractivity contribution < 1.29 is 4.90 Å². The highest BCUT2D eigenvalue weighted by Crippen LogP contribution is 2.12. The van der Waals surface area contributed by atoms with Crippen LogP contribution in [0, 0.1) is 0 Å². The Kier molecular flexibility index (Phi) is 5.09. The minimum Gasteiger partial charge on any atom is -0.328 e. The Hall–Kier alpha value is -1.84. The second kappa shape index (κ2) is 7.43. The molecule has 1 saturated heterocycles. The lowest BCUT2D eigenvalue weighted by molar-refractivity contribution is -0.918. The fourth-order valence-corrected chi connectivity index (χ4v) is 2.90. The van der Waals surface area contributed by atoms with Gasteiger partial charge in [-0.1, -0.05) is 60.1 Å². The molecule has 0 bridgehead atoms. The summed E-state index contributed by atoms with van der Waals surface area (Å²) in [4.78, 5) is 1.62. The standard InChI is InChI=1S/C18H20ClN3/c19-18-9-5-4-8-17(18)14-20-22-12-10-21(11-13-22)15-16-6-2-1-3-7-16/h1-9,14H,10-13,15H2/p+1/b20-14+. The SMILES string of the molecule is Clc1ccccc1/C=N/N1CC[NH+](Cc2ccccc2)CC1. The van der Waals surface area contributed by atoms with Crippen molar-refractivity contribution in [2.45, 2.75) is 6.54 Å². The first-order valence-corrected chi connectivity index (χ1v) is 8.10. The van der Waals surface area contributed by atoms with Gasteiger partial charge in [0.2, 0.25) is 0 Å². The maximum absolute atomic E-state index is 6.14. The van der Waals surface area contributed by atoms with Crippen LogP contribution in [-0.2, 0) is 6.54 Å². The third kappa shape index (κ3) is 4.09. The normalized spacial score (nSPS) is 16.3. The zero-order valence-electron chi connectivity index (χ0n) is 12.6. The summed E-state index contributed by atoms with van der Waals surface area (Å²) in [6, 6.07) is 18.5. The van der Waals surface area contributed by atoms with E-state index in [1.165, 1.54) is 5.56 Å². The largest absolute Gasteiger partial charge is 0.328 e. The maximum Gasteiger partial charge on any atom is 0.103 e. The lowest BCUT2D eigenvalue weighted by Gasteiger charge is -2.30. The molecule has 2 aromatic rings. The van der Waals surface area contributed by atoms with Crippen LogP contribution < -0.4 is 4.90 Å². The van der Waals surface area contributed by atoms with E-state index in [0.29, 0.717) is 0 Å². The van der Waals surface area contributed by atoms with Gasteiger partial charge in [-0.2, -0.15) is 5.10 Å². The molecule has 0 spiro atoms. The Morgan fingerprint density at radius 1 is 1.00 bits per heavy atom. The summed E-state index contributed by atoms with van der Waals surface area (Å²) in [6.07, 6.45) is 1.87. The Morgan fingerprint density at radius 2 is 1.68 bits per heavy atom. The molecule has 1 aliphatic heterocycles. The van der Waals surface area contributed by atoms with Gasteiger partial charge >= 0.3 is 0 Å². The van der Waals surface area contributed by atoms with Crippen molar-refractivity contribution in [3.8, 4) is 0 Å². The molecule has 1 aliphatic rings. The van der Waals surface area contributed by atoms with Crippen LogP contribution in [0.1, 0.15) is 11.1 Å². The first-order chi connectivity index (χ1) is 10.8. The van der Waals surface area contributed by atoms with E-state index < -0.39 is 0 Å². The van der Waals surface area contributed by atoms with Gasteiger partial charge < -0.3 is 4.90 Å². The molecule has 0 radical (unpaired) electrons. The van der Waals surface area contributed by atoms with E-state index in [-0.39, 0.29) is 0 Å². The molecule has 2 aromatic carbocycles. The van der Waals surface area contributed by atoms with E-state index in [9.17, 15) is 0 Å². The van der Waals surface area contributed by atoms with Gasteiger partial charge in [-0.15, -0.1) is 0 Å². The topological polar surface area (TPSA) is 20.0 Å². The molecule has 3 nitrogen and oxygen atoms in total. The highest BCUT2D eigenvalue weighted by molar-refractivity contribution is 6.33. The number of quaternary nitrogens is 1. The summed E-state index contributed by atoms with van der Waals surface area (Å²) >= 11 is 6.14. The van der Waals surface area contributed by atoms with Crippen LogP contribution in [0.25, 0.3) is 0 Å². The molecule has 1 heterocycles. The minimum absolute atomic E-state index is 0.750. The predicted molar refractivity (Wildman–Crippen MR) is 91.5 cm³/mol. The van der Waals surface area contributed by atoms with Crippen molar-refractivity contribution >= 4 is 17.8 Å². The summed E-state index contributed by atoms with van der Waals surface area (Å²) in [7, 11) is 0. The molecule has 22 heavy (non-hydrogen) atoms. The number of piperazine rings is 1. The molecular weight excluding hydrogens is 294 g/mol. The third-order valence-electron chi connectivity index (χ3n) is 4.01. The van der Waals surface area contributed by atoms with Gasteiger partial charge in [0.05, 0.1) is 32.4 Å². The van der Waals surface area contributed by atoms with Crippen LogP contribution in [0.2, 0.25) is 5.02 Å². The zero-order chi connectivity index (χ0) is 15.2. The first kappa shape index (κ1) is 15.1.